The summed E-state index contributed by atoms with van der Waals surface area (Å²) in [6, 6.07) is 3.80. The monoisotopic (exact) mass is 283 g/mol. The summed E-state index contributed by atoms with van der Waals surface area (Å²) in [6.07, 6.45) is 4.25. The molecular weight excluding hydrogens is 270 g/mol. The zero-order valence-corrected chi connectivity index (χ0v) is 10.4. The molecule has 1 aliphatic carbocycles. The second-order valence-corrected chi connectivity index (χ2v) is 4.94. The molecule has 2 atom stereocenters. The molecular formula is C11H14BrN3O. The molecule has 0 aliphatic heterocycles. The fourth-order valence-electron chi connectivity index (χ4n) is 1.95. The molecule has 0 spiro atoms. The van der Waals surface area contributed by atoms with E-state index in [4.69, 9.17) is 5.73 Å². The Labute approximate surface area is 103 Å². The number of hydrogen-bond donors (Lipinski definition) is 2. The molecule has 1 aromatic rings. The molecule has 1 aromatic heterocycles. The summed E-state index contributed by atoms with van der Waals surface area (Å²) in [4.78, 5) is 15.9. The van der Waals surface area contributed by atoms with E-state index >= 15 is 0 Å². The van der Waals surface area contributed by atoms with E-state index < -0.39 is 0 Å². The number of halogens is 1. The van der Waals surface area contributed by atoms with E-state index in [2.05, 4.69) is 26.2 Å². The number of nitrogens with two attached hydrogens (primary N) is 1. The highest BCUT2D eigenvalue weighted by molar-refractivity contribution is 9.10. The number of amides is 1. The zero-order valence-electron chi connectivity index (χ0n) is 8.82. The lowest BCUT2D eigenvalue weighted by Gasteiger charge is -2.10. The van der Waals surface area contributed by atoms with Crippen LogP contribution in [0, 0.1) is 5.92 Å². The molecule has 1 saturated carbocycles. The van der Waals surface area contributed by atoms with Crippen LogP contribution >= 0.6 is 15.9 Å². The van der Waals surface area contributed by atoms with Crippen LogP contribution < -0.4 is 11.1 Å². The predicted molar refractivity (Wildman–Crippen MR) is 65.9 cm³/mol. The molecule has 1 fully saturated rings. The third-order valence-electron chi connectivity index (χ3n) is 2.84. The first-order valence-electron chi connectivity index (χ1n) is 5.33. The topological polar surface area (TPSA) is 68.0 Å². The third-order valence-corrected chi connectivity index (χ3v) is 3.31. The Balaban J connectivity index is 1.94. The highest BCUT2D eigenvalue weighted by atomic mass is 79.9. The van der Waals surface area contributed by atoms with Crippen LogP contribution in [0.5, 0.6) is 0 Å². The van der Waals surface area contributed by atoms with Crippen LogP contribution in [-0.2, 0) is 4.79 Å². The number of hydrogen-bond acceptors (Lipinski definition) is 3. The number of aromatic nitrogens is 1. The average Bonchev–Trinajstić information content (AvgIpc) is 2.68. The van der Waals surface area contributed by atoms with Gasteiger partial charge < -0.3 is 11.1 Å². The molecule has 0 bridgehead atoms. The van der Waals surface area contributed by atoms with Gasteiger partial charge in [0.05, 0.1) is 11.9 Å². The molecule has 0 radical (unpaired) electrons. The lowest BCUT2D eigenvalue weighted by molar-refractivity contribution is -0.119. The Hall–Kier alpha value is -0.940. The molecule has 4 nitrogen and oxygen atoms in total. The maximum Gasteiger partial charge on any atom is 0.227 e. The molecule has 1 amide bonds. The summed E-state index contributed by atoms with van der Waals surface area (Å²) in [6.45, 7) is 0. The van der Waals surface area contributed by atoms with Crippen LogP contribution in [-0.4, -0.2) is 16.9 Å². The van der Waals surface area contributed by atoms with Crippen molar-refractivity contribution in [2.45, 2.75) is 25.3 Å². The molecule has 0 aromatic carbocycles. The Morgan fingerprint density at radius 3 is 2.88 bits per heavy atom. The fraction of sp³-hybridized carbons (Fsp3) is 0.455. The van der Waals surface area contributed by atoms with E-state index in [0.29, 0.717) is 0 Å². The van der Waals surface area contributed by atoms with Crippen molar-refractivity contribution >= 4 is 27.5 Å². The van der Waals surface area contributed by atoms with Gasteiger partial charge in [-0.3, -0.25) is 4.79 Å². The van der Waals surface area contributed by atoms with Crippen molar-refractivity contribution in [3.05, 3.63) is 22.9 Å². The van der Waals surface area contributed by atoms with Gasteiger partial charge in [0.15, 0.2) is 0 Å². The molecule has 86 valence electrons. The maximum atomic E-state index is 11.8. The molecule has 0 saturated heterocycles. The lowest BCUT2D eigenvalue weighted by atomic mass is 10.1. The molecule has 3 N–H and O–H groups in total. The second-order valence-electron chi connectivity index (χ2n) is 4.13. The van der Waals surface area contributed by atoms with E-state index in [9.17, 15) is 4.79 Å². The largest absolute Gasteiger partial charge is 0.328 e. The molecule has 5 heteroatoms. The van der Waals surface area contributed by atoms with Gasteiger partial charge in [0.25, 0.3) is 0 Å². The zero-order chi connectivity index (χ0) is 11.5. The van der Waals surface area contributed by atoms with Crippen LogP contribution in [0.25, 0.3) is 0 Å². The normalized spacial score (nSPS) is 24.4. The number of nitrogens with one attached hydrogen (secondary N) is 1. The Morgan fingerprint density at radius 2 is 2.31 bits per heavy atom. The average molecular weight is 284 g/mol. The van der Waals surface area contributed by atoms with Crippen molar-refractivity contribution in [3.8, 4) is 0 Å². The van der Waals surface area contributed by atoms with E-state index in [0.717, 1.165) is 29.6 Å². The van der Waals surface area contributed by atoms with Crippen LogP contribution in [0.2, 0.25) is 0 Å². The SMILES string of the molecule is NC1CCC(C(=O)Nc2ccc(Br)nc2)C1. The van der Waals surface area contributed by atoms with E-state index in [1.807, 2.05) is 6.07 Å². The summed E-state index contributed by atoms with van der Waals surface area (Å²) < 4.78 is 0.758. The van der Waals surface area contributed by atoms with Gasteiger partial charge in [-0.2, -0.15) is 0 Å². The summed E-state index contributed by atoms with van der Waals surface area (Å²) >= 11 is 3.25. The van der Waals surface area contributed by atoms with E-state index in [1.54, 1.807) is 12.3 Å². The fourth-order valence-corrected chi connectivity index (χ4v) is 2.18. The van der Waals surface area contributed by atoms with Crippen LogP contribution in [0.15, 0.2) is 22.9 Å². The van der Waals surface area contributed by atoms with Crippen LogP contribution in [0.4, 0.5) is 5.69 Å². The lowest BCUT2D eigenvalue weighted by Crippen LogP contribution is -2.23. The van der Waals surface area contributed by atoms with Crippen molar-refractivity contribution < 1.29 is 4.79 Å². The summed E-state index contributed by atoms with van der Waals surface area (Å²) in [7, 11) is 0. The Bertz CT molecular complexity index is 379. The molecule has 1 heterocycles. The first-order valence-corrected chi connectivity index (χ1v) is 6.12. The highest BCUT2D eigenvalue weighted by Gasteiger charge is 2.27. The number of rotatable bonds is 2. The van der Waals surface area contributed by atoms with Gasteiger partial charge in [-0.15, -0.1) is 0 Å². The second kappa shape index (κ2) is 4.93. The Morgan fingerprint density at radius 1 is 1.50 bits per heavy atom. The van der Waals surface area contributed by atoms with Gasteiger partial charge in [-0.25, -0.2) is 4.98 Å². The van der Waals surface area contributed by atoms with Gasteiger partial charge in [0.2, 0.25) is 5.91 Å². The highest BCUT2D eigenvalue weighted by Crippen LogP contribution is 2.25. The quantitative estimate of drug-likeness (QED) is 0.815. The van der Waals surface area contributed by atoms with Gasteiger partial charge in [0, 0.05) is 12.0 Å². The number of nitrogens with zero attached hydrogens (tertiary/aromatic N) is 1. The maximum absolute atomic E-state index is 11.8. The van der Waals surface area contributed by atoms with Crippen molar-refractivity contribution in [3.63, 3.8) is 0 Å². The molecule has 1 aliphatic rings. The number of pyridine rings is 1. The van der Waals surface area contributed by atoms with Gasteiger partial charge >= 0.3 is 0 Å². The third kappa shape index (κ3) is 2.80. The number of carbonyl (C=O) groups is 1. The van der Waals surface area contributed by atoms with Gasteiger partial charge in [-0.1, -0.05) is 0 Å². The summed E-state index contributed by atoms with van der Waals surface area (Å²) in [5.74, 6) is 0.107. The van der Waals surface area contributed by atoms with E-state index in [-0.39, 0.29) is 17.9 Å². The molecule has 16 heavy (non-hydrogen) atoms. The standard InChI is InChI=1S/C11H14BrN3O/c12-10-4-3-9(6-14-10)15-11(16)7-1-2-8(13)5-7/h3-4,6-8H,1-2,5,13H2,(H,15,16). The molecule has 2 rings (SSSR count). The van der Waals surface area contributed by atoms with Crippen LogP contribution in [0.1, 0.15) is 19.3 Å². The minimum absolute atomic E-state index is 0.0528. The van der Waals surface area contributed by atoms with Gasteiger partial charge in [-0.05, 0) is 47.3 Å². The number of anilines is 1. The minimum atomic E-state index is 0.0528. The van der Waals surface area contributed by atoms with E-state index in [1.165, 1.54) is 0 Å². The van der Waals surface area contributed by atoms with Gasteiger partial charge in [0.1, 0.15) is 4.60 Å². The van der Waals surface area contributed by atoms with Crippen molar-refractivity contribution in [2.24, 2.45) is 11.7 Å². The first kappa shape index (κ1) is 11.5. The number of carbonyl (C=O) groups excluding carboxylic acids is 1. The summed E-state index contributed by atoms with van der Waals surface area (Å²) in [5, 5.41) is 2.85. The smallest absolute Gasteiger partial charge is 0.227 e. The van der Waals surface area contributed by atoms with Crippen molar-refractivity contribution in [2.75, 3.05) is 5.32 Å². The minimum Gasteiger partial charge on any atom is -0.328 e. The summed E-state index contributed by atoms with van der Waals surface area (Å²) in [5.41, 5.74) is 6.51. The molecule has 2 unspecified atom stereocenters. The van der Waals surface area contributed by atoms with Crippen molar-refractivity contribution in [1.82, 2.24) is 4.98 Å². The first-order chi connectivity index (χ1) is 7.65. The predicted octanol–water partition coefficient (Wildman–Crippen LogP) is 1.91. The Kier molecular flexibility index (Phi) is 3.56. The van der Waals surface area contributed by atoms with Crippen molar-refractivity contribution in [1.29, 1.82) is 0 Å². The van der Waals surface area contributed by atoms with Crippen LogP contribution in [0.3, 0.4) is 0 Å².